The van der Waals surface area contributed by atoms with Gasteiger partial charge < -0.3 is 0 Å². The van der Waals surface area contributed by atoms with Gasteiger partial charge in [0.25, 0.3) is 0 Å². The van der Waals surface area contributed by atoms with E-state index in [-0.39, 0.29) is 21.7 Å². The lowest BCUT2D eigenvalue weighted by Gasteiger charge is -2.45. The Kier molecular flexibility index (Phi) is 5.64. The van der Waals surface area contributed by atoms with Crippen molar-refractivity contribution in [3.63, 3.8) is 0 Å². The molecule has 0 N–H and O–H groups in total. The van der Waals surface area contributed by atoms with Crippen molar-refractivity contribution in [1.29, 1.82) is 0 Å². The normalized spacial score (nSPS) is 22.2. The Morgan fingerprint density at radius 3 is 2.02 bits per heavy atom. The predicted octanol–water partition coefficient (Wildman–Crippen LogP) is 11.4. The molecule has 0 aliphatic heterocycles. The standard InChI is InChI=1S/C38H38Br2/c1-35(2)17-18-38(7,21-22-15-16-31(40)34-32(22)24-11-8-9-13-26(24)36(34,3)4)29-20-27-25(19-28(29)35)23-12-10-14-30(39)33(23)37(27,5)6/h8-16,19-20H,17-18,21H2,1-7H3. The molecule has 4 aromatic carbocycles. The average molecular weight is 655 g/mol. The zero-order chi connectivity index (χ0) is 28.4. The van der Waals surface area contributed by atoms with Crippen molar-refractivity contribution in [2.75, 3.05) is 0 Å². The lowest BCUT2D eigenvalue weighted by atomic mass is 9.59. The Labute approximate surface area is 256 Å². The molecule has 1 atom stereocenters. The molecule has 0 saturated heterocycles. The first-order chi connectivity index (χ1) is 18.8. The molecule has 0 fully saturated rings. The lowest BCUT2D eigenvalue weighted by Crippen LogP contribution is -2.38. The zero-order valence-electron chi connectivity index (χ0n) is 24.7. The van der Waals surface area contributed by atoms with Crippen LogP contribution in [0.25, 0.3) is 22.3 Å². The fourth-order valence-corrected chi connectivity index (χ4v) is 10.1. The maximum absolute atomic E-state index is 3.96. The molecule has 0 radical (unpaired) electrons. The SMILES string of the molecule is CC1(C)CCC(C)(Cc2ccc(Br)c3c2-c2ccccc2C3(C)C)c2cc3c(cc21)-c1cccc(Br)c1C3(C)C. The Morgan fingerprint density at radius 1 is 0.575 bits per heavy atom. The second-order valence-electron chi connectivity index (χ2n) is 14.5. The molecule has 3 aliphatic rings. The largest absolute Gasteiger partial charge is 0.0619 e. The molecule has 7 rings (SSSR count). The van der Waals surface area contributed by atoms with E-state index in [1.54, 1.807) is 5.56 Å². The fraction of sp³-hybridized carbons (Fsp3) is 0.368. The van der Waals surface area contributed by atoms with Gasteiger partial charge in [-0.15, -0.1) is 0 Å². The number of benzene rings is 4. The minimum absolute atomic E-state index is 0.0157. The predicted molar refractivity (Wildman–Crippen MR) is 177 cm³/mol. The van der Waals surface area contributed by atoms with Crippen molar-refractivity contribution >= 4 is 31.9 Å². The van der Waals surface area contributed by atoms with Gasteiger partial charge in [0.2, 0.25) is 0 Å². The Hall–Kier alpha value is -2.16. The molecule has 1 unspecified atom stereocenters. The van der Waals surface area contributed by atoms with E-state index < -0.39 is 0 Å². The quantitative estimate of drug-likeness (QED) is 0.202. The van der Waals surface area contributed by atoms with E-state index in [4.69, 9.17) is 0 Å². The third kappa shape index (κ3) is 3.48. The van der Waals surface area contributed by atoms with Crippen LogP contribution < -0.4 is 0 Å². The summed E-state index contributed by atoms with van der Waals surface area (Å²) in [6, 6.07) is 25.7. The molecule has 3 aliphatic carbocycles. The molecule has 40 heavy (non-hydrogen) atoms. The number of hydrogen-bond acceptors (Lipinski definition) is 0. The number of rotatable bonds is 2. The summed E-state index contributed by atoms with van der Waals surface area (Å²) < 4.78 is 2.45. The van der Waals surface area contributed by atoms with Gasteiger partial charge in [0.1, 0.15) is 0 Å². The Balaban J connectivity index is 1.43. The first kappa shape index (κ1) is 26.7. The third-order valence-electron chi connectivity index (χ3n) is 10.8. The molecule has 2 heteroatoms. The van der Waals surface area contributed by atoms with Crippen LogP contribution in [0.4, 0.5) is 0 Å². The highest BCUT2D eigenvalue weighted by Gasteiger charge is 2.46. The van der Waals surface area contributed by atoms with E-state index in [1.807, 2.05) is 0 Å². The van der Waals surface area contributed by atoms with Gasteiger partial charge in [0, 0.05) is 19.8 Å². The van der Waals surface area contributed by atoms with Crippen LogP contribution in [-0.4, -0.2) is 0 Å². The van der Waals surface area contributed by atoms with Crippen molar-refractivity contribution in [3.05, 3.63) is 115 Å². The number of hydrogen-bond donors (Lipinski definition) is 0. The summed E-state index contributed by atoms with van der Waals surface area (Å²) in [5.74, 6) is 0. The van der Waals surface area contributed by atoms with E-state index >= 15 is 0 Å². The third-order valence-corrected chi connectivity index (χ3v) is 12.1. The van der Waals surface area contributed by atoms with E-state index in [0.29, 0.717) is 0 Å². The van der Waals surface area contributed by atoms with Gasteiger partial charge in [0.05, 0.1) is 0 Å². The summed E-state index contributed by atoms with van der Waals surface area (Å²) in [6.45, 7) is 17.0. The summed E-state index contributed by atoms with van der Waals surface area (Å²) in [6.07, 6.45) is 3.44. The summed E-state index contributed by atoms with van der Waals surface area (Å²) >= 11 is 7.87. The van der Waals surface area contributed by atoms with Crippen LogP contribution in [-0.2, 0) is 28.1 Å². The van der Waals surface area contributed by atoms with E-state index in [0.717, 1.165) is 6.42 Å². The topological polar surface area (TPSA) is 0 Å². The molecule has 0 amide bonds. The van der Waals surface area contributed by atoms with Gasteiger partial charge in [0.15, 0.2) is 0 Å². The molecule has 0 saturated carbocycles. The highest BCUT2D eigenvalue weighted by Crippen LogP contribution is 2.58. The van der Waals surface area contributed by atoms with Crippen LogP contribution in [0.2, 0.25) is 0 Å². The monoisotopic (exact) mass is 652 g/mol. The van der Waals surface area contributed by atoms with Crippen molar-refractivity contribution in [2.24, 2.45) is 0 Å². The van der Waals surface area contributed by atoms with Gasteiger partial charge in [-0.25, -0.2) is 0 Å². The van der Waals surface area contributed by atoms with Crippen LogP contribution in [0.3, 0.4) is 0 Å². The van der Waals surface area contributed by atoms with Crippen molar-refractivity contribution < 1.29 is 0 Å². The van der Waals surface area contributed by atoms with E-state index in [2.05, 4.69) is 147 Å². The summed E-state index contributed by atoms with van der Waals surface area (Å²) in [5, 5.41) is 0. The molecular weight excluding hydrogens is 616 g/mol. The number of fused-ring (bicyclic) bond motifs is 7. The molecule has 4 aromatic rings. The maximum atomic E-state index is 3.96. The van der Waals surface area contributed by atoms with Crippen LogP contribution in [0.5, 0.6) is 0 Å². The zero-order valence-corrected chi connectivity index (χ0v) is 27.9. The van der Waals surface area contributed by atoms with Crippen LogP contribution in [0, 0.1) is 0 Å². The van der Waals surface area contributed by atoms with Crippen LogP contribution in [0.15, 0.2) is 75.7 Å². The molecule has 0 aromatic heterocycles. The summed E-state index contributed by atoms with van der Waals surface area (Å²) in [7, 11) is 0. The molecule has 0 spiro atoms. The maximum Gasteiger partial charge on any atom is 0.0222 e. The van der Waals surface area contributed by atoms with Crippen molar-refractivity contribution in [3.8, 4) is 22.3 Å². The lowest BCUT2D eigenvalue weighted by molar-refractivity contribution is 0.310. The summed E-state index contributed by atoms with van der Waals surface area (Å²) in [5.41, 5.74) is 16.2. The van der Waals surface area contributed by atoms with Gasteiger partial charge in [-0.1, -0.05) is 129 Å². The number of halogens is 2. The minimum Gasteiger partial charge on any atom is -0.0619 e. The highest BCUT2D eigenvalue weighted by molar-refractivity contribution is 9.10. The van der Waals surface area contributed by atoms with Gasteiger partial charge >= 0.3 is 0 Å². The fourth-order valence-electron chi connectivity index (χ4n) is 8.45. The van der Waals surface area contributed by atoms with Gasteiger partial charge in [-0.3, -0.25) is 0 Å². The van der Waals surface area contributed by atoms with Crippen molar-refractivity contribution in [1.82, 2.24) is 0 Å². The smallest absolute Gasteiger partial charge is 0.0222 e. The molecule has 0 bridgehead atoms. The highest BCUT2D eigenvalue weighted by atomic mass is 79.9. The first-order valence-corrected chi connectivity index (χ1v) is 16.3. The first-order valence-electron chi connectivity index (χ1n) is 14.7. The van der Waals surface area contributed by atoms with E-state index in [9.17, 15) is 0 Å². The molecule has 0 heterocycles. The summed E-state index contributed by atoms with van der Waals surface area (Å²) in [4.78, 5) is 0. The van der Waals surface area contributed by atoms with Crippen molar-refractivity contribution in [2.45, 2.75) is 89.4 Å². The van der Waals surface area contributed by atoms with Crippen LogP contribution in [0.1, 0.15) is 100 Å². The minimum atomic E-state index is -0.0376. The second kappa shape index (κ2) is 8.45. The molecule has 204 valence electrons. The second-order valence-corrected chi connectivity index (χ2v) is 16.2. The Bertz CT molecular complexity index is 1740. The Morgan fingerprint density at radius 2 is 1.25 bits per heavy atom. The van der Waals surface area contributed by atoms with Gasteiger partial charge in [-0.05, 0) is 109 Å². The van der Waals surface area contributed by atoms with Gasteiger partial charge in [-0.2, -0.15) is 0 Å². The molecule has 0 nitrogen and oxygen atoms in total. The average Bonchev–Trinajstić information content (AvgIpc) is 3.29. The van der Waals surface area contributed by atoms with E-state index in [1.165, 1.54) is 77.4 Å². The van der Waals surface area contributed by atoms with Crippen LogP contribution >= 0.6 is 31.9 Å². The molecular formula is C38H38Br2.